The first-order chi connectivity index (χ1) is 13.0. The molecule has 1 heterocycles. The highest BCUT2D eigenvalue weighted by molar-refractivity contribution is 7.17. The molecule has 0 aliphatic carbocycles. The van der Waals surface area contributed by atoms with E-state index in [2.05, 4.69) is 28.6 Å². The molecular formula is C21H23N3O2S. The SMILES string of the molecule is CCc1ccccc1Nc1ncc(C(=O)Nc2c(C)ccc(OC)c2C)s1. The molecule has 2 N–H and O–H groups in total. The smallest absolute Gasteiger partial charge is 0.267 e. The molecule has 3 aromatic rings. The highest BCUT2D eigenvalue weighted by atomic mass is 32.1. The number of thiazole rings is 1. The number of amides is 1. The number of ether oxygens (including phenoxy) is 1. The number of carbonyl (C=O) groups excluding carboxylic acids is 1. The van der Waals surface area contributed by atoms with E-state index in [1.165, 1.54) is 16.9 Å². The predicted molar refractivity (Wildman–Crippen MR) is 112 cm³/mol. The molecule has 1 amide bonds. The average molecular weight is 382 g/mol. The first kappa shape index (κ1) is 18.9. The Morgan fingerprint density at radius 2 is 1.96 bits per heavy atom. The van der Waals surface area contributed by atoms with Crippen LogP contribution in [0.5, 0.6) is 5.75 Å². The second-order valence-corrected chi connectivity index (χ2v) is 7.23. The maximum Gasteiger partial charge on any atom is 0.267 e. The lowest BCUT2D eigenvalue weighted by Crippen LogP contribution is -2.12. The number of rotatable bonds is 6. The number of nitrogens with one attached hydrogen (secondary N) is 2. The molecule has 0 bridgehead atoms. The van der Waals surface area contributed by atoms with Crippen LogP contribution in [0, 0.1) is 13.8 Å². The van der Waals surface area contributed by atoms with E-state index < -0.39 is 0 Å². The third kappa shape index (κ3) is 4.11. The van der Waals surface area contributed by atoms with Gasteiger partial charge in [-0.25, -0.2) is 4.98 Å². The number of methoxy groups -OCH3 is 1. The molecule has 2 aromatic carbocycles. The first-order valence-corrected chi connectivity index (χ1v) is 9.61. The quantitative estimate of drug-likeness (QED) is 0.606. The number of carbonyl (C=O) groups is 1. The summed E-state index contributed by atoms with van der Waals surface area (Å²) in [7, 11) is 1.62. The van der Waals surface area contributed by atoms with E-state index in [-0.39, 0.29) is 5.91 Å². The highest BCUT2D eigenvalue weighted by Gasteiger charge is 2.15. The van der Waals surface area contributed by atoms with Gasteiger partial charge in [-0.2, -0.15) is 0 Å². The maximum absolute atomic E-state index is 12.7. The van der Waals surface area contributed by atoms with Gasteiger partial charge in [-0.05, 0) is 43.5 Å². The van der Waals surface area contributed by atoms with Gasteiger partial charge in [0.05, 0.1) is 19.0 Å². The highest BCUT2D eigenvalue weighted by Crippen LogP contribution is 2.30. The van der Waals surface area contributed by atoms with Gasteiger partial charge in [0, 0.05) is 11.3 Å². The summed E-state index contributed by atoms with van der Waals surface area (Å²) in [6, 6.07) is 11.9. The number of anilines is 3. The second-order valence-electron chi connectivity index (χ2n) is 6.20. The normalized spacial score (nSPS) is 10.5. The van der Waals surface area contributed by atoms with Gasteiger partial charge in [0.15, 0.2) is 5.13 Å². The van der Waals surface area contributed by atoms with Gasteiger partial charge in [0.25, 0.3) is 5.91 Å². The zero-order chi connectivity index (χ0) is 19.4. The number of hydrogen-bond donors (Lipinski definition) is 2. The van der Waals surface area contributed by atoms with E-state index in [1.807, 2.05) is 44.2 Å². The number of aromatic nitrogens is 1. The molecule has 3 rings (SSSR count). The van der Waals surface area contributed by atoms with E-state index in [9.17, 15) is 4.79 Å². The molecule has 0 fully saturated rings. The Bertz CT molecular complexity index is 966. The number of nitrogens with zero attached hydrogens (tertiary/aromatic N) is 1. The van der Waals surface area contributed by atoms with Gasteiger partial charge in [-0.3, -0.25) is 4.79 Å². The molecule has 1 aromatic heterocycles. The average Bonchev–Trinajstić information content (AvgIpc) is 3.14. The van der Waals surface area contributed by atoms with Gasteiger partial charge in [-0.15, -0.1) is 0 Å². The monoisotopic (exact) mass is 381 g/mol. The Morgan fingerprint density at radius 3 is 2.70 bits per heavy atom. The molecule has 0 aliphatic rings. The Kier molecular flexibility index (Phi) is 5.76. The fraction of sp³-hybridized carbons (Fsp3) is 0.238. The third-order valence-corrected chi connectivity index (χ3v) is 5.36. The molecule has 0 aliphatic heterocycles. The van der Waals surface area contributed by atoms with E-state index in [4.69, 9.17) is 4.74 Å². The fourth-order valence-corrected chi connectivity index (χ4v) is 3.64. The Labute approximate surface area is 163 Å². The Hall–Kier alpha value is -2.86. The van der Waals surface area contributed by atoms with Crippen LogP contribution >= 0.6 is 11.3 Å². The van der Waals surface area contributed by atoms with Crippen molar-refractivity contribution >= 4 is 33.8 Å². The summed E-state index contributed by atoms with van der Waals surface area (Å²) in [4.78, 5) is 17.6. The van der Waals surface area contributed by atoms with Crippen LogP contribution in [0.15, 0.2) is 42.6 Å². The molecular weight excluding hydrogens is 358 g/mol. The first-order valence-electron chi connectivity index (χ1n) is 8.79. The lowest BCUT2D eigenvalue weighted by Gasteiger charge is -2.14. The van der Waals surface area contributed by atoms with Crippen LogP contribution in [-0.4, -0.2) is 18.0 Å². The van der Waals surface area contributed by atoms with Crippen molar-refractivity contribution in [2.24, 2.45) is 0 Å². The Morgan fingerprint density at radius 1 is 1.19 bits per heavy atom. The van der Waals surface area contributed by atoms with Crippen LogP contribution in [0.1, 0.15) is 33.3 Å². The molecule has 0 radical (unpaired) electrons. The van der Waals surface area contributed by atoms with Crippen LogP contribution in [0.25, 0.3) is 0 Å². The van der Waals surface area contributed by atoms with E-state index in [1.54, 1.807) is 13.3 Å². The van der Waals surface area contributed by atoms with Gasteiger partial charge in [0.1, 0.15) is 10.6 Å². The second kappa shape index (κ2) is 8.22. The molecule has 0 saturated carbocycles. The van der Waals surface area contributed by atoms with Crippen molar-refractivity contribution in [3.63, 3.8) is 0 Å². The van der Waals surface area contributed by atoms with Gasteiger partial charge in [0.2, 0.25) is 0 Å². The minimum absolute atomic E-state index is 0.177. The zero-order valence-electron chi connectivity index (χ0n) is 15.9. The van der Waals surface area contributed by atoms with Crippen LogP contribution in [-0.2, 0) is 6.42 Å². The summed E-state index contributed by atoms with van der Waals surface area (Å²) in [5, 5.41) is 7.00. The minimum atomic E-state index is -0.177. The summed E-state index contributed by atoms with van der Waals surface area (Å²) in [6.45, 7) is 6.01. The molecule has 0 spiro atoms. The summed E-state index contributed by atoms with van der Waals surface area (Å²) in [5.41, 5.74) is 4.90. The van der Waals surface area contributed by atoms with Crippen molar-refractivity contribution in [3.8, 4) is 5.75 Å². The molecule has 27 heavy (non-hydrogen) atoms. The summed E-state index contributed by atoms with van der Waals surface area (Å²) >= 11 is 1.33. The molecule has 0 unspecified atom stereocenters. The third-order valence-electron chi connectivity index (χ3n) is 4.45. The van der Waals surface area contributed by atoms with E-state index >= 15 is 0 Å². The lowest BCUT2D eigenvalue weighted by atomic mass is 10.1. The standard InChI is InChI=1S/C21H23N3O2S/c1-5-15-8-6-7-9-16(15)23-21-22-12-18(27-21)20(25)24-19-13(2)10-11-17(26-4)14(19)3/h6-12H,5H2,1-4H3,(H,22,23)(H,24,25). The molecule has 5 nitrogen and oxygen atoms in total. The van der Waals surface area contributed by atoms with E-state index in [0.29, 0.717) is 10.0 Å². The number of hydrogen-bond acceptors (Lipinski definition) is 5. The van der Waals surface area contributed by atoms with Crippen molar-refractivity contribution in [1.29, 1.82) is 0 Å². The van der Waals surface area contributed by atoms with Crippen molar-refractivity contribution in [2.75, 3.05) is 17.7 Å². The van der Waals surface area contributed by atoms with Crippen molar-refractivity contribution < 1.29 is 9.53 Å². The van der Waals surface area contributed by atoms with Crippen LogP contribution in [0.2, 0.25) is 0 Å². The van der Waals surface area contributed by atoms with Crippen LogP contribution in [0.3, 0.4) is 0 Å². The lowest BCUT2D eigenvalue weighted by molar-refractivity contribution is 0.103. The van der Waals surface area contributed by atoms with Gasteiger partial charge < -0.3 is 15.4 Å². The number of para-hydroxylation sites is 1. The summed E-state index contributed by atoms with van der Waals surface area (Å²) in [6.07, 6.45) is 2.53. The van der Waals surface area contributed by atoms with Gasteiger partial charge in [-0.1, -0.05) is 42.5 Å². The summed E-state index contributed by atoms with van der Waals surface area (Å²) < 4.78 is 5.35. The Balaban J connectivity index is 1.78. The maximum atomic E-state index is 12.7. The number of aryl methyl sites for hydroxylation is 2. The minimum Gasteiger partial charge on any atom is -0.496 e. The van der Waals surface area contributed by atoms with Crippen LogP contribution in [0.4, 0.5) is 16.5 Å². The topological polar surface area (TPSA) is 63.2 Å². The van der Waals surface area contributed by atoms with Crippen LogP contribution < -0.4 is 15.4 Å². The fourth-order valence-electron chi connectivity index (χ4n) is 2.92. The van der Waals surface area contributed by atoms with E-state index in [0.717, 1.165) is 34.7 Å². The zero-order valence-corrected chi connectivity index (χ0v) is 16.7. The molecule has 6 heteroatoms. The largest absolute Gasteiger partial charge is 0.496 e. The van der Waals surface area contributed by atoms with Crippen molar-refractivity contribution in [3.05, 3.63) is 64.2 Å². The van der Waals surface area contributed by atoms with Gasteiger partial charge >= 0.3 is 0 Å². The predicted octanol–water partition coefficient (Wildman–Crippen LogP) is 5.33. The number of benzene rings is 2. The van der Waals surface area contributed by atoms with Crippen molar-refractivity contribution in [1.82, 2.24) is 4.98 Å². The molecule has 0 atom stereocenters. The van der Waals surface area contributed by atoms with Crippen molar-refractivity contribution in [2.45, 2.75) is 27.2 Å². The molecule has 0 saturated heterocycles. The summed E-state index contributed by atoms with van der Waals surface area (Å²) in [5.74, 6) is 0.572. The molecule has 140 valence electrons.